The molecule has 1 N–H and O–H groups in total. The van der Waals surface area contributed by atoms with E-state index in [1.807, 2.05) is 0 Å². The zero-order valence-corrected chi connectivity index (χ0v) is 16.7. The minimum atomic E-state index is -0.766. The third-order valence-electron chi connectivity index (χ3n) is 3.57. The number of nitrogens with one attached hydrogen (secondary N) is 1. The molecule has 1 aliphatic rings. The molecule has 1 unspecified atom stereocenters. The van der Waals surface area contributed by atoms with Crippen molar-refractivity contribution in [3.63, 3.8) is 0 Å². The van der Waals surface area contributed by atoms with E-state index in [1.54, 1.807) is 27.7 Å². The lowest BCUT2D eigenvalue weighted by molar-refractivity contribution is -0.143. The van der Waals surface area contributed by atoms with Crippen LogP contribution in [0.3, 0.4) is 0 Å². The Balaban J connectivity index is 2.67. The van der Waals surface area contributed by atoms with Crippen molar-refractivity contribution in [1.29, 1.82) is 0 Å². The molecule has 0 amide bonds. The van der Waals surface area contributed by atoms with Crippen molar-refractivity contribution in [3.8, 4) is 0 Å². The van der Waals surface area contributed by atoms with Crippen LogP contribution in [0.5, 0.6) is 0 Å². The first-order valence-electron chi connectivity index (χ1n) is 7.46. The third kappa shape index (κ3) is 3.99. The summed E-state index contributed by atoms with van der Waals surface area (Å²) in [6.07, 6.45) is -0.317. The molecule has 25 heavy (non-hydrogen) atoms. The van der Waals surface area contributed by atoms with Crippen LogP contribution in [0.15, 0.2) is 22.5 Å². The predicted octanol–water partition coefficient (Wildman–Crippen LogP) is 3.81. The predicted molar refractivity (Wildman–Crippen MR) is 96.7 cm³/mol. The highest BCUT2D eigenvalue weighted by molar-refractivity contribution is 7.16. The second-order valence-electron chi connectivity index (χ2n) is 5.70. The maximum Gasteiger partial charge on any atom is 0.337 e. The summed E-state index contributed by atoms with van der Waals surface area (Å²) in [5.41, 5.74) is 1.69. The van der Waals surface area contributed by atoms with E-state index in [0.717, 1.165) is 11.3 Å². The number of halogens is 2. The maximum absolute atomic E-state index is 12.7. The largest absolute Gasteiger partial charge is 0.466 e. The molecular formula is C16H18Cl2N2O4S. The molecule has 6 nitrogen and oxygen atoms in total. The van der Waals surface area contributed by atoms with Gasteiger partial charge in [-0.2, -0.15) is 0 Å². The number of nitrogens with zero attached hydrogens (tertiary/aromatic N) is 1. The van der Waals surface area contributed by atoms with Gasteiger partial charge in [0.1, 0.15) is 5.15 Å². The van der Waals surface area contributed by atoms with Gasteiger partial charge >= 0.3 is 11.9 Å². The molecule has 0 saturated carbocycles. The molecule has 0 saturated heterocycles. The van der Waals surface area contributed by atoms with Crippen LogP contribution >= 0.6 is 34.5 Å². The van der Waals surface area contributed by atoms with Crippen molar-refractivity contribution >= 4 is 46.5 Å². The first-order chi connectivity index (χ1) is 11.7. The molecule has 0 radical (unpaired) electrons. The molecule has 136 valence electrons. The van der Waals surface area contributed by atoms with Crippen LogP contribution in [-0.4, -0.2) is 30.1 Å². The molecular weight excluding hydrogens is 387 g/mol. The monoisotopic (exact) mass is 404 g/mol. The first-order valence-corrected chi connectivity index (χ1v) is 9.04. The minimum Gasteiger partial charge on any atom is -0.466 e. The molecule has 1 aromatic heterocycles. The van der Waals surface area contributed by atoms with Crippen LogP contribution < -0.4 is 5.32 Å². The average Bonchev–Trinajstić information content (AvgIpc) is 2.83. The van der Waals surface area contributed by atoms with Crippen molar-refractivity contribution < 1.29 is 19.1 Å². The Morgan fingerprint density at radius 3 is 2.16 bits per heavy atom. The van der Waals surface area contributed by atoms with Crippen molar-refractivity contribution in [1.82, 2.24) is 10.3 Å². The van der Waals surface area contributed by atoms with E-state index in [2.05, 4.69) is 10.3 Å². The highest BCUT2D eigenvalue weighted by atomic mass is 35.5. The number of dihydropyridines is 1. The van der Waals surface area contributed by atoms with Gasteiger partial charge in [0.05, 0.1) is 35.2 Å². The van der Waals surface area contributed by atoms with E-state index in [-0.39, 0.29) is 26.9 Å². The van der Waals surface area contributed by atoms with Crippen molar-refractivity contribution in [2.24, 2.45) is 0 Å². The fraction of sp³-hybridized carbons (Fsp3) is 0.438. The zero-order chi connectivity index (χ0) is 18.9. The van der Waals surface area contributed by atoms with Gasteiger partial charge in [0, 0.05) is 11.4 Å². The standard InChI is InChI=1S/C16H18Cl2N2O4S/c1-6(2)24-15(22)10-8(4)19-7(3)9(14(21)23-5)11(10)12-13(17)20-16(18)25-12/h6,11,19H,1-5H3. The van der Waals surface area contributed by atoms with Crippen molar-refractivity contribution in [2.75, 3.05) is 7.11 Å². The summed E-state index contributed by atoms with van der Waals surface area (Å²) in [5, 5.41) is 3.18. The van der Waals surface area contributed by atoms with Crippen molar-refractivity contribution in [2.45, 2.75) is 39.7 Å². The molecule has 0 aromatic carbocycles. The van der Waals surface area contributed by atoms with E-state index in [0.29, 0.717) is 16.3 Å². The lowest BCUT2D eigenvalue weighted by atomic mass is 9.84. The smallest absolute Gasteiger partial charge is 0.337 e. The summed E-state index contributed by atoms with van der Waals surface area (Å²) < 4.78 is 10.5. The third-order valence-corrected chi connectivity index (χ3v) is 5.20. The lowest BCUT2D eigenvalue weighted by Crippen LogP contribution is -2.32. The van der Waals surface area contributed by atoms with Gasteiger partial charge in [0.15, 0.2) is 4.47 Å². The number of ether oxygens (including phenoxy) is 2. The van der Waals surface area contributed by atoms with Gasteiger partial charge in [0.2, 0.25) is 0 Å². The van der Waals surface area contributed by atoms with Gasteiger partial charge in [0.25, 0.3) is 0 Å². The molecule has 0 bridgehead atoms. The van der Waals surface area contributed by atoms with E-state index < -0.39 is 17.9 Å². The lowest BCUT2D eigenvalue weighted by Gasteiger charge is -2.29. The van der Waals surface area contributed by atoms with Crippen LogP contribution in [0.1, 0.15) is 38.5 Å². The minimum absolute atomic E-state index is 0.138. The Bertz CT molecular complexity index is 783. The Morgan fingerprint density at radius 2 is 1.72 bits per heavy atom. The van der Waals surface area contributed by atoms with E-state index in [9.17, 15) is 9.59 Å². The van der Waals surface area contributed by atoms with Crippen LogP contribution in [0, 0.1) is 0 Å². The highest BCUT2D eigenvalue weighted by Crippen LogP contribution is 2.45. The summed E-state index contributed by atoms with van der Waals surface area (Å²) in [6.45, 7) is 6.96. The molecule has 0 fully saturated rings. The Kier molecular flexibility index (Phi) is 6.13. The van der Waals surface area contributed by atoms with Crippen LogP contribution in [0.2, 0.25) is 9.62 Å². The second kappa shape index (κ2) is 7.76. The summed E-state index contributed by atoms with van der Waals surface area (Å²) in [5.74, 6) is -1.88. The van der Waals surface area contributed by atoms with Gasteiger partial charge in [-0.15, -0.1) is 11.3 Å². The zero-order valence-electron chi connectivity index (χ0n) is 14.4. The quantitative estimate of drug-likeness (QED) is 0.768. The number of hydrogen-bond donors (Lipinski definition) is 1. The topological polar surface area (TPSA) is 77.5 Å². The summed E-state index contributed by atoms with van der Waals surface area (Å²) >= 11 is 13.3. The second-order valence-corrected chi connectivity index (χ2v) is 7.67. The van der Waals surface area contributed by atoms with Crippen LogP contribution in [0.4, 0.5) is 0 Å². The Morgan fingerprint density at radius 1 is 1.16 bits per heavy atom. The number of carbonyl (C=O) groups is 2. The summed E-state index contributed by atoms with van der Waals surface area (Å²) in [6, 6.07) is 0. The summed E-state index contributed by atoms with van der Waals surface area (Å²) in [7, 11) is 1.28. The van der Waals surface area contributed by atoms with Gasteiger partial charge in [-0.3, -0.25) is 0 Å². The Labute approximate surface area is 159 Å². The van der Waals surface area contributed by atoms with Gasteiger partial charge in [-0.1, -0.05) is 23.2 Å². The van der Waals surface area contributed by atoms with E-state index >= 15 is 0 Å². The molecule has 0 spiro atoms. The number of allylic oxidation sites excluding steroid dienone is 2. The number of aromatic nitrogens is 1. The fourth-order valence-electron chi connectivity index (χ4n) is 2.65. The molecule has 9 heteroatoms. The van der Waals surface area contributed by atoms with E-state index in [4.69, 9.17) is 32.7 Å². The number of rotatable bonds is 4. The van der Waals surface area contributed by atoms with Crippen LogP contribution in [0.25, 0.3) is 0 Å². The number of esters is 2. The fourth-order valence-corrected chi connectivity index (χ4v) is 4.19. The van der Waals surface area contributed by atoms with Gasteiger partial charge < -0.3 is 14.8 Å². The summed E-state index contributed by atoms with van der Waals surface area (Å²) in [4.78, 5) is 29.6. The number of methoxy groups -OCH3 is 1. The average molecular weight is 405 g/mol. The highest BCUT2D eigenvalue weighted by Gasteiger charge is 2.40. The number of thiazole rings is 1. The molecule has 2 heterocycles. The number of carbonyl (C=O) groups excluding carboxylic acids is 2. The molecule has 1 atom stereocenters. The molecule has 2 rings (SSSR count). The number of hydrogen-bond acceptors (Lipinski definition) is 7. The SMILES string of the molecule is COC(=O)C1=C(C)NC(C)=C(C(=O)OC(C)C)C1c1sc(Cl)nc1Cl. The normalized spacial score (nSPS) is 17.7. The molecule has 0 aliphatic carbocycles. The Hall–Kier alpha value is -1.57. The maximum atomic E-state index is 12.7. The van der Waals surface area contributed by atoms with Crippen molar-refractivity contribution in [3.05, 3.63) is 37.0 Å². The van der Waals surface area contributed by atoms with Gasteiger partial charge in [-0.25, -0.2) is 14.6 Å². The molecule has 1 aromatic rings. The van der Waals surface area contributed by atoms with E-state index in [1.165, 1.54) is 7.11 Å². The molecule has 1 aliphatic heterocycles. The van der Waals surface area contributed by atoms with Crippen LogP contribution in [-0.2, 0) is 19.1 Å². The first kappa shape index (κ1) is 19.8. The van der Waals surface area contributed by atoms with Gasteiger partial charge in [-0.05, 0) is 27.7 Å².